The smallest absolute Gasteiger partial charge is 0.244 e. The molecule has 0 saturated carbocycles. The number of rotatable bonds is 12. The van der Waals surface area contributed by atoms with Crippen molar-refractivity contribution in [2.75, 3.05) is 23.7 Å². The number of hydrogen-bond donors (Lipinski definition) is 1. The van der Waals surface area contributed by atoms with Crippen molar-refractivity contribution in [3.05, 3.63) is 65.2 Å². The number of carbonyl (C=O) groups is 2. The van der Waals surface area contributed by atoms with Crippen LogP contribution in [0, 0.1) is 12.8 Å². The molecule has 0 heterocycles. The van der Waals surface area contributed by atoms with Crippen LogP contribution in [0.4, 0.5) is 5.69 Å². The molecule has 2 rings (SSSR count). The van der Waals surface area contributed by atoms with Crippen molar-refractivity contribution < 1.29 is 18.0 Å². The molecule has 0 saturated heterocycles. The lowest BCUT2D eigenvalue weighted by atomic mass is 10.0. The molecule has 0 aliphatic heterocycles. The Labute approximate surface area is 216 Å². The van der Waals surface area contributed by atoms with E-state index in [1.54, 1.807) is 12.1 Å². The van der Waals surface area contributed by atoms with E-state index in [0.29, 0.717) is 18.7 Å². The number of nitrogens with zero attached hydrogens (tertiary/aromatic N) is 2. The Balaban J connectivity index is 2.47. The van der Waals surface area contributed by atoms with Gasteiger partial charge in [-0.15, -0.1) is 0 Å². The Kier molecular flexibility index (Phi) is 10.5. The molecule has 0 radical (unpaired) electrons. The zero-order chi connectivity index (χ0) is 27.0. The minimum absolute atomic E-state index is 0.0643. The maximum absolute atomic E-state index is 13.8. The van der Waals surface area contributed by atoms with Gasteiger partial charge in [0.15, 0.2) is 0 Å². The molecular formula is C28H41N3O4S. The molecule has 198 valence electrons. The minimum Gasteiger partial charge on any atom is -0.354 e. The molecule has 2 aromatic rings. The summed E-state index contributed by atoms with van der Waals surface area (Å²) in [6.07, 6.45) is 1.51. The van der Waals surface area contributed by atoms with E-state index in [0.717, 1.165) is 27.3 Å². The molecule has 8 heteroatoms. The summed E-state index contributed by atoms with van der Waals surface area (Å²) < 4.78 is 26.9. The topological polar surface area (TPSA) is 86.8 Å². The zero-order valence-electron chi connectivity index (χ0n) is 22.6. The highest BCUT2D eigenvalue weighted by atomic mass is 32.2. The van der Waals surface area contributed by atoms with Gasteiger partial charge in [-0.2, -0.15) is 0 Å². The Morgan fingerprint density at radius 3 is 2.11 bits per heavy atom. The van der Waals surface area contributed by atoms with Crippen LogP contribution in [0.15, 0.2) is 48.5 Å². The predicted molar refractivity (Wildman–Crippen MR) is 146 cm³/mol. The number of amides is 2. The SMILES string of the molecule is CC[C@@H](C(=O)NCC(C)C)N(Cc1ccc(C)cc1)C(=O)CN(c1ccccc1C(C)C)S(C)(=O)=O. The van der Waals surface area contributed by atoms with Gasteiger partial charge >= 0.3 is 0 Å². The summed E-state index contributed by atoms with van der Waals surface area (Å²) in [6, 6.07) is 14.3. The van der Waals surface area contributed by atoms with Crippen LogP contribution < -0.4 is 9.62 Å². The van der Waals surface area contributed by atoms with Gasteiger partial charge in [0.1, 0.15) is 12.6 Å². The number of nitrogens with one attached hydrogen (secondary N) is 1. The quantitative estimate of drug-likeness (QED) is 0.452. The van der Waals surface area contributed by atoms with E-state index in [-0.39, 0.29) is 30.8 Å². The van der Waals surface area contributed by atoms with Crippen LogP contribution in [0.1, 0.15) is 63.6 Å². The molecule has 0 spiro atoms. The van der Waals surface area contributed by atoms with Crippen LogP contribution in [0.2, 0.25) is 0 Å². The van der Waals surface area contributed by atoms with Crippen molar-refractivity contribution in [2.24, 2.45) is 5.92 Å². The molecule has 0 bridgehead atoms. The molecule has 7 nitrogen and oxygen atoms in total. The third kappa shape index (κ3) is 8.08. The second kappa shape index (κ2) is 12.9. The van der Waals surface area contributed by atoms with E-state index >= 15 is 0 Å². The molecular weight excluding hydrogens is 474 g/mol. The minimum atomic E-state index is -3.77. The van der Waals surface area contributed by atoms with Crippen molar-refractivity contribution in [3.8, 4) is 0 Å². The van der Waals surface area contributed by atoms with Crippen LogP contribution in [0.3, 0.4) is 0 Å². The number of sulfonamides is 1. The third-order valence-corrected chi connectivity index (χ3v) is 7.18. The zero-order valence-corrected chi connectivity index (χ0v) is 23.4. The van der Waals surface area contributed by atoms with Crippen molar-refractivity contribution in [1.82, 2.24) is 10.2 Å². The summed E-state index contributed by atoms with van der Waals surface area (Å²) in [5.74, 6) is -0.332. The van der Waals surface area contributed by atoms with Crippen molar-refractivity contribution >= 4 is 27.5 Å². The van der Waals surface area contributed by atoms with Crippen LogP contribution in [0.5, 0.6) is 0 Å². The monoisotopic (exact) mass is 515 g/mol. The maximum Gasteiger partial charge on any atom is 0.244 e. The van der Waals surface area contributed by atoms with Crippen molar-refractivity contribution in [3.63, 3.8) is 0 Å². The molecule has 36 heavy (non-hydrogen) atoms. The van der Waals surface area contributed by atoms with Crippen LogP contribution in [0.25, 0.3) is 0 Å². The first-order valence-corrected chi connectivity index (χ1v) is 14.4. The lowest BCUT2D eigenvalue weighted by Gasteiger charge is -2.33. The highest BCUT2D eigenvalue weighted by Crippen LogP contribution is 2.29. The van der Waals surface area contributed by atoms with Gasteiger partial charge in [0.25, 0.3) is 0 Å². The van der Waals surface area contributed by atoms with Crippen LogP contribution in [-0.4, -0.2) is 50.5 Å². The summed E-state index contributed by atoms with van der Waals surface area (Å²) >= 11 is 0. The normalized spacial score (nSPS) is 12.5. The van der Waals surface area contributed by atoms with E-state index < -0.39 is 22.0 Å². The molecule has 0 aliphatic carbocycles. The van der Waals surface area contributed by atoms with Gasteiger partial charge in [-0.1, -0.05) is 82.6 Å². The molecule has 2 aromatic carbocycles. The summed E-state index contributed by atoms with van der Waals surface area (Å²) in [6.45, 7) is 12.1. The summed E-state index contributed by atoms with van der Waals surface area (Å²) in [7, 11) is -3.77. The van der Waals surface area contributed by atoms with E-state index in [9.17, 15) is 18.0 Å². The largest absolute Gasteiger partial charge is 0.354 e. The molecule has 1 N–H and O–H groups in total. The van der Waals surface area contributed by atoms with E-state index in [1.807, 2.05) is 77.9 Å². The second-order valence-electron chi connectivity index (χ2n) is 10.1. The lowest BCUT2D eigenvalue weighted by molar-refractivity contribution is -0.140. The average Bonchev–Trinajstić information content (AvgIpc) is 2.81. The fourth-order valence-corrected chi connectivity index (χ4v) is 4.90. The Morgan fingerprint density at radius 2 is 1.58 bits per heavy atom. The standard InChI is InChI=1S/C28H41N3O4S/c1-8-25(28(33)29-17-20(2)3)30(18-23-15-13-22(6)14-16-23)27(32)19-31(36(7,34)35)26-12-10-9-11-24(26)21(4)5/h9-16,20-21,25H,8,17-19H2,1-7H3,(H,29,33)/t25-/m0/s1. The average molecular weight is 516 g/mol. The first-order chi connectivity index (χ1) is 16.8. The van der Waals surface area contributed by atoms with Gasteiger partial charge in [0, 0.05) is 13.1 Å². The van der Waals surface area contributed by atoms with E-state index in [4.69, 9.17) is 0 Å². The van der Waals surface area contributed by atoms with Gasteiger partial charge in [-0.25, -0.2) is 8.42 Å². The number of hydrogen-bond acceptors (Lipinski definition) is 4. The maximum atomic E-state index is 13.8. The van der Waals surface area contributed by atoms with Gasteiger partial charge in [0.05, 0.1) is 11.9 Å². The van der Waals surface area contributed by atoms with Crippen LogP contribution in [-0.2, 0) is 26.2 Å². The molecule has 0 aliphatic rings. The number of aryl methyl sites for hydroxylation is 1. The molecule has 2 amide bonds. The van der Waals surface area contributed by atoms with E-state index in [2.05, 4.69) is 5.32 Å². The Morgan fingerprint density at radius 1 is 0.972 bits per heavy atom. The van der Waals surface area contributed by atoms with Gasteiger partial charge < -0.3 is 10.2 Å². The summed E-state index contributed by atoms with van der Waals surface area (Å²) in [5.41, 5.74) is 3.28. The fourth-order valence-electron chi connectivity index (χ4n) is 4.03. The first kappa shape index (κ1) is 29.4. The summed E-state index contributed by atoms with van der Waals surface area (Å²) in [5, 5.41) is 2.94. The molecule has 0 aromatic heterocycles. The Bertz CT molecular complexity index is 1130. The summed E-state index contributed by atoms with van der Waals surface area (Å²) in [4.78, 5) is 28.4. The molecule has 0 unspecified atom stereocenters. The lowest BCUT2D eigenvalue weighted by Crippen LogP contribution is -2.52. The predicted octanol–water partition coefficient (Wildman–Crippen LogP) is 4.46. The van der Waals surface area contributed by atoms with Crippen LogP contribution >= 0.6 is 0 Å². The molecule has 0 fully saturated rings. The Hall–Kier alpha value is -2.87. The van der Waals surface area contributed by atoms with Gasteiger partial charge in [-0.05, 0) is 42.4 Å². The number of para-hydroxylation sites is 1. The van der Waals surface area contributed by atoms with Crippen molar-refractivity contribution in [2.45, 2.75) is 66.5 Å². The third-order valence-electron chi connectivity index (χ3n) is 6.05. The number of anilines is 1. The van der Waals surface area contributed by atoms with Gasteiger partial charge in [-0.3, -0.25) is 13.9 Å². The second-order valence-corrected chi connectivity index (χ2v) is 12.0. The molecule has 1 atom stereocenters. The number of carbonyl (C=O) groups excluding carboxylic acids is 2. The highest BCUT2D eigenvalue weighted by Gasteiger charge is 2.32. The highest BCUT2D eigenvalue weighted by molar-refractivity contribution is 7.92. The van der Waals surface area contributed by atoms with E-state index in [1.165, 1.54) is 4.90 Å². The first-order valence-electron chi connectivity index (χ1n) is 12.5. The number of benzene rings is 2. The van der Waals surface area contributed by atoms with Crippen molar-refractivity contribution in [1.29, 1.82) is 0 Å². The van der Waals surface area contributed by atoms with Gasteiger partial charge in [0.2, 0.25) is 21.8 Å². The fraction of sp³-hybridized carbons (Fsp3) is 0.500.